The molecule has 0 spiro atoms. The molecule has 1 fully saturated rings. The Bertz CT molecular complexity index is 723. The molecular weight excluding hydrogens is 318 g/mol. The van der Waals surface area contributed by atoms with E-state index in [1.807, 2.05) is 17.0 Å². The Morgan fingerprint density at radius 3 is 2.84 bits per heavy atom. The second-order valence-corrected chi connectivity index (χ2v) is 6.73. The highest BCUT2D eigenvalue weighted by Crippen LogP contribution is 2.30. The highest BCUT2D eigenvalue weighted by atomic mass is 16.5. The lowest BCUT2D eigenvalue weighted by Crippen LogP contribution is -2.35. The van der Waals surface area contributed by atoms with Gasteiger partial charge in [0, 0.05) is 50.9 Å². The molecule has 0 atom stereocenters. The van der Waals surface area contributed by atoms with Gasteiger partial charge in [0.2, 0.25) is 5.91 Å². The van der Waals surface area contributed by atoms with Crippen LogP contribution in [0.4, 0.5) is 0 Å². The zero-order valence-corrected chi connectivity index (χ0v) is 14.3. The van der Waals surface area contributed by atoms with Crippen LogP contribution in [0.5, 0.6) is 0 Å². The summed E-state index contributed by atoms with van der Waals surface area (Å²) in [4.78, 5) is 23.1. The number of hydrogen-bond donors (Lipinski definition) is 0. The zero-order valence-electron chi connectivity index (χ0n) is 14.3. The number of ether oxygens (including phenoxy) is 1. The average molecular weight is 341 g/mol. The number of fused-ring (bicyclic) bond motifs is 1. The lowest BCUT2D eigenvalue weighted by molar-refractivity contribution is -0.132. The molecule has 2 aromatic rings. The minimum Gasteiger partial charge on any atom is -0.445 e. The third-order valence-electron chi connectivity index (χ3n) is 5.04. The Hall–Kier alpha value is -2.21. The van der Waals surface area contributed by atoms with Crippen LogP contribution < -0.4 is 0 Å². The largest absolute Gasteiger partial charge is 0.445 e. The maximum absolute atomic E-state index is 12.5. The van der Waals surface area contributed by atoms with Crippen molar-refractivity contribution in [2.75, 3.05) is 19.8 Å². The normalized spacial score (nSPS) is 18.2. The summed E-state index contributed by atoms with van der Waals surface area (Å²) in [7, 11) is 0. The molecule has 0 saturated carbocycles. The minimum atomic E-state index is 0.179. The van der Waals surface area contributed by atoms with Gasteiger partial charge < -0.3 is 14.1 Å². The van der Waals surface area contributed by atoms with Crippen molar-refractivity contribution in [1.82, 2.24) is 14.9 Å². The van der Waals surface area contributed by atoms with Crippen molar-refractivity contribution >= 4 is 5.91 Å². The molecule has 0 bridgehead atoms. The predicted octanol–water partition coefficient (Wildman–Crippen LogP) is 2.48. The summed E-state index contributed by atoms with van der Waals surface area (Å²) in [5, 5.41) is 0. The van der Waals surface area contributed by atoms with Gasteiger partial charge in [-0.1, -0.05) is 0 Å². The number of rotatable bonds is 4. The molecule has 25 heavy (non-hydrogen) atoms. The summed E-state index contributed by atoms with van der Waals surface area (Å²) in [5.74, 6) is 2.33. The molecule has 132 valence electrons. The molecule has 2 aromatic heterocycles. The molecule has 4 rings (SSSR count). The number of aromatic nitrogens is 2. The standard InChI is InChI=1S/C19H23N3O3/c23-18(2-1-14-3-8-20-9-4-14)22-10-5-17-16(13-22)21-19(25-17)15-6-11-24-12-7-15/h3-4,8-9,15H,1-2,5-7,10-13H2. The summed E-state index contributed by atoms with van der Waals surface area (Å²) >= 11 is 0. The van der Waals surface area contributed by atoms with Crippen molar-refractivity contribution in [2.24, 2.45) is 0 Å². The van der Waals surface area contributed by atoms with Gasteiger partial charge in [0.15, 0.2) is 5.89 Å². The van der Waals surface area contributed by atoms with Gasteiger partial charge in [-0.15, -0.1) is 0 Å². The van der Waals surface area contributed by atoms with Gasteiger partial charge in [-0.25, -0.2) is 4.98 Å². The van der Waals surface area contributed by atoms with Crippen LogP contribution in [0.15, 0.2) is 28.9 Å². The predicted molar refractivity (Wildman–Crippen MR) is 91.0 cm³/mol. The lowest BCUT2D eigenvalue weighted by atomic mass is 10.0. The first-order valence-corrected chi connectivity index (χ1v) is 9.02. The summed E-state index contributed by atoms with van der Waals surface area (Å²) in [6.07, 6.45) is 7.48. The highest BCUT2D eigenvalue weighted by Gasteiger charge is 2.28. The number of carbonyl (C=O) groups is 1. The van der Waals surface area contributed by atoms with Crippen molar-refractivity contribution in [3.63, 3.8) is 0 Å². The van der Waals surface area contributed by atoms with Crippen molar-refractivity contribution in [3.05, 3.63) is 47.4 Å². The Kier molecular flexibility index (Phi) is 4.78. The van der Waals surface area contributed by atoms with E-state index in [0.29, 0.717) is 25.4 Å². The van der Waals surface area contributed by atoms with Gasteiger partial charge in [-0.2, -0.15) is 0 Å². The van der Waals surface area contributed by atoms with E-state index in [2.05, 4.69) is 4.98 Å². The smallest absolute Gasteiger partial charge is 0.223 e. The molecule has 0 aromatic carbocycles. The molecule has 0 radical (unpaired) electrons. The number of aryl methyl sites for hydroxylation is 1. The van der Waals surface area contributed by atoms with Crippen LogP contribution in [0, 0.1) is 0 Å². The third kappa shape index (κ3) is 3.74. The van der Waals surface area contributed by atoms with Gasteiger partial charge in [0.25, 0.3) is 0 Å². The third-order valence-corrected chi connectivity index (χ3v) is 5.04. The first-order valence-electron chi connectivity index (χ1n) is 9.02. The van der Waals surface area contributed by atoms with Crippen molar-refractivity contribution < 1.29 is 13.9 Å². The molecule has 0 aliphatic carbocycles. The van der Waals surface area contributed by atoms with Crippen molar-refractivity contribution in [3.8, 4) is 0 Å². The van der Waals surface area contributed by atoms with E-state index in [1.165, 1.54) is 0 Å². The molecule has 4 heterocycles. The van der Waals surface area contributed by atoms with Crippen LogP contribution in [0.1, 0.15) is 48.1 Å². The van der Waals surface area contributed by atoms with Crippen LogP contribution in [0.3, 0.4) is 0 Å². The Labute approximate surface area is 147 Å². The van der Waals surface area contributed by atoms with Gasteiger partial charge in [-0.3, -0.25) is 9.78 Å². The molecule has 1 saturated heterocycles. The maximum atomic E-state index is 12.5. The summed E-state index contributed by atoms with van der Waals surface area (Å²) in [6.45, 7) is 2.83. The lowest BCUT2D eigenvalue weighted by Gasteiger charge is -2.25. The summed E-state index contributed by atoms with van der Waals surface area (Å²) in [6, 6.07) is 3.92. The maximum Gasteiger partial charge on any atom is 0.223 e. The van der Waals surface area contributed by atoms with E-state index in [9.17, 15) is 4.79 Å². The molecule has 6 heteroatoms. The van der Waals surface area contributed by atoms with Crippen LogP contribution in [-0.2, 0) is 28.9 Å². The second-order valence-electron chi connectivity index (χ2n) is 6.73. The van der Waals surface area contributed by atoms with Gasteiger partial charge in [0.1, 0.15) is 11.5 Å². The number of carbonyl (C=O) groups excluding carboxylic acids is 1. The SMILES string of the molecule is O=C(CCc1ccncc1)N1CCc2oc(C3CCOCC3)nc2C1. The number of amides is 1. The van der Waals surface area contributed by atoms with E-state index < -0.39 is 0 Å². The van der Waals surface area contributed by atoms with E-state index in [1.54, 1.807) is 12.4 Å². The fraction of sp³-hybridized carbons (Fsp3) is 0.526. The second kappa shape index (κ2) is 7.35. The quantitative estimate of drug-likeness (QED) is 0.854. The van der Waals surface area contributed by atoms with E-state index in [-0.39, 0.29) is 5.91 Å². The Morgan fingerprint density at radius 2 is 2.04 bits per heavy atom. The Morgan fingerprint density at radius 1 is 1.24 bits per heavy atom. The van der Waals surface area contributed by atoms with Crippen LogP contribution in [0.25, 0.3) is 0 Å². The fourth-order valence-electron chi connectivity index (χ4n) is 3.51. The average Bonchev–Trinajstić information content (AvgIpc) is 3.11. The fourth-order valence-corrected chi connectivity index (χ4v) is 3.51. The van der Waals surface area contributed by atoms with Crippen LogP contribution in [0.2, 0.25) is 0 Å². The van der Waals surface area contributed by atoms with Crippen LogP contribution in [-0.4, -0.2) is 40.5 Å². The summed E-state index contributed by atoms with van der Waals surface area (Å²) in [5.41, 5.74) is 2.08. The molecule has 1 amide bonds. The van der Waals surface area contributed by atoms with Gasteiger partial charge in [-0.05, 0) is 37.0 Å². The highest BCUT2D eigenvalue weighted by molar-refractivity contribution is 5.76. The molecule has 6 nitrogen and oxygen atoms in total. The molecule has 2 aliphatic rings. The van der Waals surface area contributed by atoms with E-state index in [4.69, 9.17) is 14.1 Å². The van der Waals surface area contributed by atoms with Gasteiger partial charge in [0.05, 0.1) is 6.54 Å². The molecular formula is C19H23N3O3. The number of nitrogens with zero attached hydrogens (tertiary/aromatic N) is 3. The monoisotopic (exact) mass is 341 g/mol. The van der Waals surface area contributed by atoms with Gasteiger partial charge >= 0.3 is 0 Å². The number of hydrogen-bond acceptors (Lipinski definition) is 5. The zero-order chi connectivity index (χ0) is 17.1. The molecule has 0 unspecified atom stereocenters. The number of oxazole rings is 1. The first kappa shape index (κ1) is 16.3. The van der Waals surface area contributed by atoms with Crippen molar-refractivity contribution in [2.45, 2.75) is 44.6 Å². The molecule has 2 aliphatic heterocycles. The van der Waals surface area contributed by atoms with E-state index in [0.717, 1.165) is 61.8 Å². The summed E-state index contributed by atoms with van der Waals surface area (Å²) < 4.78 is 11.4. The topological polar surface area (TPSA) is 68.5 Å². The van der Waals surface area contributed by atoms with Crippen LogP contribution >= 0.6 is 0 Å². The number of pyridine rings is 1. The first-order chi connectivity index (χ1) is 12.3. The van der Waals surface area contributed by atoms with Crippen molar-refractivity contribution in [1.29, 1.82) is 0 Å². The Balaban J connectivity index is 1.37. The van der Waals surface area contributed by atoms with E-state index >= 15 is 0 Å². The minimum absolute atomic E-state index is 0.179. The molecule has 0 N–H and O–H groups in total.